The Balaban J connectivity index is 0.000000185. The zero-order valence-electron chi connectivity index (χ0n) is 9.80. The SMILES string of the molecule is CCOCC(=O)O.c1ccc2ccccc2c1. The van der Waals surface area contributed by atoms with Crippen LogP contribution in [0.15, 0.2) is 48.5 Å². The number of rotatable bonds is 3. The van der Waals surface area contributed by atoms with Gasteiger partial charge in [-0.1, -0.05) is 48.5 Å². The van der Waals surface area contributed by atoms with Gasteiger partial charge in [0.15, 0.2) is 0 Å². The van der Waals surface area contributed by atoms with Crippen LogP contribution in [-0.2, 0) is 9.53 Å². The molecule has 0 saturated heterocycles. The van der Waals surface area contributed by atoms with Gasteiger partial charge in [0, 0.05) is 6.61 Å². The van der Waals surface area contributed by atoms with Crippen LogP contribution >= 0.6 is 0 Å². The fraction of sp³-hybridized carbons (Fsp3) is 0.214. The summed E-state index contributed by atoms with van der Waals surface area (Å²) in [5.74, 6) is -0.915. The van der Waals surface area contributed by atoms with Gasteiger partial charge < -0.3 is 9.84 Å². The third-order valence-electron chi connectivity index (χ3n) is 2.09. The summed E-state index contributed by atoms with van der Waals surface area (Å²) in [6.45, 7) is 2.03. The predicted octanol–water partition coefficient (Wildman–Crippen LogP) is 2.95. The number of carboxylic acids is 1. The van der Waals surface area contributed by atoms with E-state index in [0.717, 1.165) is 0 Å². The molecule has 3 nitrogen and oxygen atoms in total. The Morgan fingerprint density at radius 2 is 1.47 bits per heavy atom. The van der Waals surface area contributed by atoms with Crippen molar-refractivity contribution in [3.8, 4) is 0 Å². The molecule has 0 aliphatic carbocycles. The molecule has 90 valence electrons. The Labute approximate surface area is 101 Å². The van der Waals surface area contributed by atoms with Crippen molar-refractivity contribution in [3.63, 3.8) is 0 Å². The second-order valence-corrected chi connectivity index (χ2v) is 3.38. The zero-order valence-corrected chi connectivity index (χ0v) is 9.80. The van der Waals surface area contributed by atoms with Crippen molar-refractivity contribution in [2.24, 2.45) is 0 Å². The largest absolute Gasteiger partial charge is 0.480 e. The maximum atomic E-state index is 9.63. The molecule has 2 aromatic rings. The van der Waals surface area contributed by atoms with E-state index in [-0.39, 0.29) is 6.61 Å². The zero-order chi connectivity index (χ0) is 12.5. The molecule has 0 aliphatic heterocycles. The molecule has 0 aromatic heterocycles. The van der Waals surface area contributed by atoms with E-state index in [1.165, 1.54) is 10.8 Å². The first-order valence-electron chi connectivity index (χ1n) is 5.47. The van der Waals surface area contributed by atoms with Crippen LogP contribution in [0.25, 0.3) is 10.8 Å². The van der Waals surface area contributed by atoms with E-state index in [1.807, 2.05) is 0 Å². The van der Waals surface area contributed by atoms with Gasteiger partial charge in [-0.05, 0) is 17.7 Å². The van der Waals surface area contributed by atoms with Crippen molar-refractivity contribution < 1.29 is 14.6 Å². The minimum atomic E-state index is -0.915. The van der Waals surface area contributed by atoms with Crippen LogP contribution in [-0.4, -0.2) is 24.3 Å². The van der Waals surface area contributed by atoms with E-state index >= 15 is 0 Å². The minimum Gasteiger partial charge on any atom is -0.480 e. The molecule has 0 amide bonds. The maximum Gasteiger partial charge on any atom is 0.329 e. The van der Waals surface area contributed by atoms with Gasteiger partial charge >= 0.3 is 5.97 Å². The molecule has 3 heteroatoms. The molecule has 0 radical (unpaired) electrons. The molecule has 0 unspecified atom stereocenters. The molecule has 0 saturated carbocycles. The second kappa shape index (κ2) is 7.41. The quantitative estimate of drug-likeness (QED) is 0.885. The third kappa shape index (κ3) is 5.13. The molecule has 2 rings (SSSR count). The summed E-state index contributed by atoms with van der Waals surface area (Å²) >= 11 is 0. The number of fused-ring (bicyclic) bond motifs is 1. The summed E-state index contributed by atoms with van der Waals surface area (Å²) in [4.78, 5) is 9.63. The van der Waals surface area contributed by atoms with Crippen LogP contribution in [0, 0.1) is 0 Å². The first-order chi connectivity index (χ1) is 8.24. The molecule has 0 aliphatic rings. The smallest absolute Gasteiger partial charge is 0.329 e. The monoisotopic (exact) mass is 232 g/mol. The van der Waals surface area contributed by atoms with Crippen LogP contribution < -0.4 is 0 Å². The Bertz CT molecular complexity index is 400. The Morgan fingerprint density at radius 3 is 1.71 bits per heavy atom. The molecule has 2 aromatic carbocycles. The molecule has 0 heterocycles. The summed E-state index contributed by atoms with van der Waals surface area (Å²) in [6.07, 6.45) is 0. The van der Waals surface area contributed by atoms with Crippen LogP contribution in [0.5, 0.6) is 0 Å². The van der Waals surface area contributed by atoms with Crippen LogP contribution in [0.3, 0.4) is 0 Å². The predicted molar refractivity (Wildman–Crippen MR) is 68.1 cm³/mol. The standard InChI is InChI=1S/C10H8.C4H8O3/c1-2-6-10-8-4-3-7-9(10)5-1;1-2-7-3-4(5)6/h1-8H;2-3H2,1H3,(H,5,6). The van der Waals surface area contributed by atoms with Crippen molar-refractivity contribution >= 4 is 16.7 Å². The summed E-state index contributed by atoms with van der Waals surface area (Å²) in [7, 11) is 0. The van der Waals surface area contributed by atoms with E-state index < -0.39 is 5.97 Å². The fourth-order valence-electron chi connectivity index (χ4n) is 1.32. The van der Waals surface area contributed by atoms with Gasteiger partial charge in [-0.25, -0.2) is 4.79 Å². The lowest BCUT2D eigenvalue weighted by Crippen LogP contribution is -2.05. The number of aliphatic carboxylic acids is 1. The van der Waals surface area contributed by atoms with Gasteiger partial charge in [0.25, 0.3) is 0 Å². The molecule has 17 heavy (non-hydrogen) atoms. The lowest BCUT2D eigenvalue weighted by atomic mass is 10.1. The highest BCUT2D eigenvalue weighted by Crippen LogP contribution is 2.11. The molecular weight excluding hydrogens is 216 g/mol. The van der Waals surface area contributed by atoms with Crippen LogP contribution in [0.2, 0.25) is 0 Å². The molecule has 1 N–H and O–H groups in total. The van der Waals surface area contributed by atoms with Gasteiger partial charge in [-0.2, -0.15) is 0 Å². The van der Waals surface area contributed by atoms with Crippen molar-refractivity contribution in [2.75, 3.05) is 13.2 Å². The van der Waals surface area contributed by atoms with Gasteiger partial charge in [-0.15, -0.1) is 0 Å². The van der Waals surface area contributed by atoms with Gasteiger partial charge in [-0.3, -0.25) is 0 Å². The van der Waals surface area contributed by atoms with Gasteiger partial charge in [0.1, 0.15) is 6.61 Å². The minimum absolute atomic E-state index is 0.184. The maximum absolute atomic E-state index is 9.63. The molecule has 0 fully saturated rings. The molecule has 0 atom stereocenters. The average molecular weight is 232 g/mol. The topological polar surface area (TPSA) is 46.5 Å². The summed E-state index contributed by atoms with van der Waals surface area (Å²) < 4.78 is 4.50. The fourth-order valence-corrected chi connectivity index (χ4v) is 1.32. The first kappa shape index (κ1) is 13.2. The highest BCUT2D eigenvalue weighted by molar-refractivity contribution is 5.81. The number of carboxylic acid groups (broad SMARTS) is 1. The van der Waals surface area contributed by atoms with Crippen LogP contribution in [0.4, 0.5) is 0 Å². The van der Waals surface area contributed by atoms with E-state index in [0.29, 0.717) is 6.61 Å². The normalized spacial score (nSPS) is 9.47. The van der Waals surface area contributed by atoms with Crippen molar-refractivity contribution in [1.82, 2.24) is 0 Å². The number of benzene rings is 2. The molecular formula is C14H16O3. The van der Waals surface area contributed by atoms with Gasteiger partial charge in [0.2, 0.25) is 0 Å². The lowest BCUT2D eigenvalue weighted by Gasteiger charge is -1.92. The van der Waals surface area contributed by atoms with Gasteiger partial charge in [0.05, 0.1) is 0 Å². The van der Waals surface area contributed by atoms with Crippen molar-refractivity contribution in [3.05, 3.63) is 48.5 Å². The Hall–Kier alpha value is -1.87. The average Bonchev–Trinajstić information content (AvgIpc) is 2.37. The first-order valence-corrected chi connectivity index (χ1v) is 5.47. The van der Waals surface area contributed by atoms with E-state index in [4.69, 9.17) is 5.11 Å². The number of ether oxygens (including phenoxy) is 1. The lowest BCUT2D eigenvalue weighted by molar-refractivity contribution is -0.142. The van der Waals surface area contributed by atoms with E-state index in [9.17, 15) is 4.79 Å². The highest BCUT2D eigenvalue weighted by atomic mass is 16.5. The summed E-state index contributed by atoms with van der Waals surface area (Å²) in [5, 5.41) is 10.5. The second-order valence-electron chi connectivity index (χ2n) is 3.38. The number of carbonyl (C=O) groups is 1. The third-order valence-corrected chi connectivity index (χ3v) is 2.09. The van der Waals surface area contributed by atoms with Crippen molar-refractivity contribution in [2.45, 2.75) is 6.92 Å². The Kier molecular flexibility index (Phi) is 5.75. The summed E-state index contributed by atoms with van der Waals surface area (Å²) in [5.41, 5.74) is 0. The Morgan fingerprint density at radius 1 is 1.06 bits per heavy atom. The van der Waals surface area contributed by atoms with Crippen molar-refractivity contribution in [1.29, 1.82) is 0 Å². The molecule has 0 bridgehead atoms. The van der Waals surface area contributed by atoms with Crippen LogP contribution in [0.1, 0.15) is 6.92 Å². The number of hydrogen-bond donors (Lipinski definition) is 1. The number of hydrogen-bond acceptors (Lipinski definition) is 2. The summed E-state index contributed by atoms with van der Waals surface area (Å²) in [6, 6.07) is 16.7. The highest BCUT2D eigenvalue weighted by Gasteiger charge is 1.90. The van der Waals surface area contributed by atoms with E-state index in [2.05, 4.69) is 53.3 Å². The molecule has 0 spiro atoms. The van der Waals surface area contributed by atoms with E-state index in [1.54, 1.807) is 6.92 Å².